The zero-order valence-electron chi connectivity index (χ0n) is 12.9. The van der Waals surface area contributed by atoms with Gasteiger partial charge in [-0.3, -0.25) is 0 Å². The standard InChI is InChI=1S/C17H25Cl2N/c1-15(2)9-16(3,4)11-17(20,10-15)8-12-6-5-7-13(18)14(12)19/h5-7H,8-11,20H2,1-4H3. The number of nitrogens with two attached hydrogens (primary N) is 1. The normalized spacial score (nSPS) is 23.6. The van der Waals surface area contributed by atoms with E-state index in [0.29, 0.717) is 10.0 Å². The first kappa shape index (κ1) is 16.1. The molecule has 1 aromatic rings. The quantitative estimate of drug-likeness (QED) is 0.769. The van der Waals surface area contributed by atoms with E-state index in [-0.39, 0.29) is 16.4 Å². The Kier molecular flexibility index (Phi) is 4.19. The molecular weight excluding hydrogens is 289 g/mol. The van der Waals surface area contributed by atoms with Crippen LogP contribution < -0.4 is 5.73 Å². The highest BCUT2D eigenvalue weighted by Crippen LogP contribution is 2.50. The van der Waals surface area contributed by atoms with Gasteiger partial charge in [-0.25, -0.2) is 0 Å². The fraction of sp³-hybridized carbons (Fsp3) is 0.647. The van der Waals surface area contributed by atoms with Crippen LogP contribution in [0.5, 0.6) is 0 Å². The molecule has 0 unspecified atom stereocenters. The molecule has 0 aromatic heterocycles. The highest BCUT2D eigenvalue weighted by molar-refractivity contribution is 6.42. The van der Waals surface area contributed by atoms with Gasteiger partial charge < -0.3 is 5.73 Å². The molecule has 0 radical (unpaired) electrons. The predicted molar refractivity (Wildman–Crippen MR) is 88.5 cm³/mol. The third-order valence-corrected chi connectivity index (χ3v) is 5.05. The van der Waals surface area contributed by atoms with Gasteiger partial charge in [-0.2, -0.15) is 0 Å². The Morgan fingerprint density at radius 3 is 2.10 bits per heavy atom. The molecule has 0 aliphatic heterocycles. The minimum atomic E-state index is -0.209. The van der Waals surface area contributed by atoms with Crippen molar-refractivity contribution in [1.82, 2.24) is 0 Å². The summed E-state index contributed by atoms with van der Waals surface area (Å²) in [6, 6.07) is 5.81. The first-order valence-corrected chi connectivity index (χ1v) is 8.00. The minimum Gasteiger partial charge on any atom is -0.325 e. The molecule has 0 atom stereocenters. The second-order valence-corrected chi connectivity index (χ2v) is 8.90. The van der Waals surface area contributed by atoms with Gasteiger partial charge >= 0.3 is 0 Å². The molecule has 1 aromatic carbocycles. The van der Waals surface area contributed by atoms with Crippen molar-refractivity contribution in [1.29, 1.82) is 0 Å². The van der Waals surface area contributed by atoms with Gasteiger partial charge in [0.1, 0.15) is 0 Å². The van der Waals surface area contributed by atoms with Gasteiger partial charge in [-0.15, -0.1) is 0 Å². The molecule has 2 rings (SSSR count). The average molecular weight is 314 g/mol. The van der Waals surface area contributed by atoms with Crippen LogP contribution in [0.4, 0.5) is 0 Å². The van der Waals surface area contributed by atoms with Crippen LogP contribution in [0.15, 0.2) is 18.2 Å². The van der Waals surface area contributed by atoms with Crippen molar-refractivity contribution < 1.29 is 0 Å². The van der Waals surface area contributed by atoms with Crippen molar-refractivity contribution in [2.75, 3.05) is 0 Å². The fourth-order valence-corrected chi connectivity index (χ4v) is 4.97. The topological polar surface area (TPSA) is 26.0 Å². The van der Waals surface area contributed by atoms with E-state index in [9.17, 15) is 0 Å². The van der Waals surface area contributed by atoms with Crippen molar-refractivity contribution in [2.24, 2.45) is 16.6 Å². The SMILES string of the molecule is CC1(C)CC(C)(C)CC(N)(Cc2cccc(Cl)c2Cl)C1. The third kappa shape index (κ3) is 3.69. The second kappa shape index (κ2) is 5.19. The lowest BCUT2D eigenvalue weighted by Crippen LogP contribution is -2.53. The first-order chi connectivity index (χ1) is 9.02. The van der Waals surface area contributed by atoms with Crippen molar-refractivity contribution in [3.8, 4) is 0 Å². The molecule has 3 heteroatoms. The Morgan fingerprint density at radius 2 is 1.55 bits per heavy atom. The van der Waals surface area contributed by atoms with Gasteiger partial charge in [-0.05, 0) is 48.1 Å². The van der Waals surface area contributed by atoms with Crippen LogP contribution >= 0.6 is 23.2 Å². The van der Waals surface area contributed by atoms with Gasteiger partial charge in [0.2, 0.25) is 0 Å². The molecule has 0 amide bonds. The molecule has 1 aliphatic carbocycles. The largest absolute Gasteiger partial charge is 0.325 e. The predicted octanol–water partition coefficient (Wildman–Crippen LogP) is 5.47. The van der Waals surface area contributed by atoms with E-state index >= 15 is 0 Å². The number of hydrogen-bond donors (Lipinski definition) is 1. The Morgan fingerprint density at radius 1 is 1.00 bits per heavy atom. The third-order valence-electron chi connectivity index (χ3n) is 4.19. The zero-order valence-corrected chi connectivity index (χ0v) is 14.4. The minimum absolute atomic E-state index is 0.209. The second-order valence-electron chi connectivity index (χ2n) is 8.11. The smallest absolute Gasteiger partial charge is 0.0624 e. The summed E-state index contributed by atoms with van der Waals surface area (Å²) in [6.07, 6.45) is 4.04. The van der Waals surface area contributed by atoms with Crippen molar-refractivity contribution in [2.45, 2.75) is 58.9 Å². The number of halogens is 2. The monoisotopic (exact) mass is 313 g/mol. The van der Waals surface area contributed by atoms with E-state index in [2.05, 4.69) is 27.7 Å². The van der Waals surface area contributed by atoms with Crippen LogP contribution in [0, 0.1) is 10.8 Å². The summed E-state index contributed by atoms with van der Waals surface area (Å²) in [5.74, 6) is 0. The van der Waals surface area contributed by atoms with Crippen molar-refractivity contribution in [3.63, 3.8) is 0 Å². The maximum Gasteiger partial charge on any atom is 0.0624 e. The van der Waals surface area contributed by atoms with Crippen LogP contribution in [-0.4, -0.2) is 5.54 Å². The highest BCUT2D eigenvalue weighted by Gasteiger charge is 2.45. The summed E-state index contributed by atoms with van der Waals surface area (Å²) < 4.78 is 0. The van der Waals surface area contributed by atoms with Crippen molar-refractivity contribution in [3.05, 3.63) is 33.8 Å². The number of hydrogen-bond acceptors (Lipinski definition) is 1. The molecule has 112 valence electrons. The molecule has 0 heterocycles. The van der Waals surface area contributed by atoms with E-state index < -0.39 is 0 Å². The molecule has 0 saturated heterocycles. The zero-order chi connectivity index (χ0) is 15.2. The van der Waals surface area contributed by atoms with Crippen LogP contribution in [0.2, 0.25) is 10.0 Å². The lowest BCUT2D eigenvalue weighted by Gasteiger charge is -2.50. The van der Waals surface area contributed by atoms with E-state index in [1.807, 2.05) is 18.2 Å². The fourth-order valence-electron chi connectivity index (χ4n) is 4.58. The van der Waals surface area contributed by atoms with Gasteiger partial charge in [-0.1, -0.05) is 63.0 Å². The van der Waals surface area contributed by atoms with Gasteiger partial charge in [0.05, 0.1) is 10.0 Å². The van der Waals surface area contributed by atoms with Crippen LogP contribution in [0.3, 0.4) is 0 Å². The molecule has 1 aliphatic rings. The van der Waals surface area contributed by atoms with E-state index in [0.717, 1.165) is 24.8 Å². The number of rotatable bonds is 2. The Bertz CT molecular complexity index is 490. The molecule has 1 nitrogen and oxygen atoms in total. The summed E-state index contributed by atoms with van der Waals surface area (Å²) >= 11 is 12.4. The first-order valence-electron chi connectivity index (χ1n) is 7.24. The van der Waals surface area contributed by atoms with E-state index in [1.165, 1.54) is 6.42 Å². The van der Waals surface area contributed by atoms with Gasteiger partial charge in [0.25, 0.3) is 0 Å². The molecule has 20 heavy (non-hydrogen) atoms. The molecule has 1 saturated carbocycles. The Hall–Kier alpha value is -0.240. The van der Waals surface area contributed by atoms with Crippen LogP contribution in [0.1, 0.15) is 52.5 Å². The molecule has 2 N–H and O–H groups in total. The van der Waals surface area contributed by atoms with Gasteiger partial charge in [0.15, 0.2) is 0 Å². The molecule has 0 spiro atoms. The molecule has 0 bridgehead atoms. The van der Waals surface area contributed by atoms with E-state index in [1.54, 1.807) is 0 Å². The number of benzene rings is 1. The summed E-state index contributed by atoms with van der Waals surface area (Å²) in [4.78, 5) is 0. The summed E-state index contributed by atoms with van der Waals surface area (Å²) in [5.41, 5.74) is 8.15. The van der Waals surface area contributed by atoms with Crippen LogP contribution in [-0.2, 0) is 6.42 Å². The average Bonchev–Trinajstić information content (AvgIpc) is 2.19. The maximum atomic E-state index is 6.76. The Labute approximate surface area is 132 Å². The van der Waals surface area contributed by atoms with Gasteiger partial charge in [0, 0.05) is 5.54 Å². The van der Waals surface area contributed by atoms with E-state index in [4.69, 9.17) is 28.9 Å². The van der Waals surface area contributed by atoms with Crippen LogP contribution in [0.25, 0.3) is 0 Å². The lowest BCUT2D eigenvalue weighted by atomic mass is 9.57. The van der Waals surface area contributed by atoms with Crippen molar-refractivity contribution >= 4 is 23.2 Å². The summed E-state index contributed by atoms with van der Waals surface area (Å²) in [5, 5.41) is 1.27. The summed E-state index contributed by atoms with van der Waals surface area (Å²) in [6.45, 7) is 9.26. The lowest BCUT2D eigenvalue weighted by molar-refractivity contribution is 0.0487. The highest BCUT2D eigenvalue weighted by atomic mass is 35.5. The maximum absolute atomic E-state index is 6.76. The molecular formula is C17H25Cl2N. The molecule has 1 fully saturated rings. The Balaban J connectivity index is 2.29. The summed E-state index contributed by atoms with van der Waals surface area (Å²) in [7, 11) is 0.